The summed E-state index contributed by atoms with van der Waals surface area (Å²) < 4.78 is 0. The number of hydrogen-bond donors (Lipinski definition) is 3. The van der Waals surface area contributed by atoms with Crippen LogP contribution in [0.4, 0.5) is 11.4 Å². The number of fused-ring (bicyclic) bond motifs is 1. The van der Waals surface area contributed by atoms with Gasteiger partial charge < -0.3 is 45.9 Å². The topological polar surface area (TPSA) is 95.7 Å². The Morgan fingerprint density at radius 3 is 2.50 bits per heavy atom. The smallest absolute Gasteiger partial charge is 0.305 e. The molecule has 0 saturated carbocycles. The molecule has 0 aliphatic carbocycles. The van der Waals surface area contributed by atoms with Crippen LogP contribution in [0.1, 0.15) is 23.5 Å². The van der Waals surface area contributed by atoms with Crippen molar-refractivity contribution in [3.8, 4) is 0 Å². The van der Waals surface area contributed by atoms with Crippen molar-refractivity contribution < 1.29 is 39.5 Å². The van der Waals surface area contributed by atoms with Crippen LogP contribution in [0, 0.1) is 0 Å². The Hall–Kier alpha value is -2.80. The largest absolute Gasteiger partial charge is 1.00 e. The molecular formula is C22H23Cl2N3O3-2. The van der Waals surface area contributed by atoms with E-state index in [0.717, 1.165) is 5.56 Å². The normalized spacial score (nSPS) is 15.5. The van der Waals surface area contributed by atoms with Crippen molar-refractivity contribution >= 4 is 29.3 Å². The third-order valence-corrected chi connectivity index (χ3v) is 4.60. The fourth-order valence-corrected chi connectivity index (χ4v) is 3.07. The van der Waals surface area contributed by atoms with Crippen LogP contribution in [-0.4, -0.2) is 30.1 Å². The zero-order chi connectivity index (χ0) is 20.1. The average molecular weight is 448 g/mol. The molecule has 160 valence electrons. The van der Waals surface area contributed by atoms with Gasteiger partial charge in [0.05, 0.1) is 12.5 Å². The number of anilines is 2. The zero-order valence-corrected chi connectivity index (χ0v) is 17.8. The van der Waals surface area contributed by atoms with Gasteiger partial charge in [0.25, 0.3) is 0 Å². The first-order chi connectivity index (χ1) is 13.4. The first-order valence-corrected chi connectivity index (χ1v) is 9.00. The number of carbonyl (C=O) groups is 2. The van der Waals surface area contributed by atoms with E-state index in [2.05, 4.69) is 40.7 Å². The van der Waals surface area contributed by atoms with Crippen LogP contribution in [0.25, 0.3) is 6.08 Å². The molecule has 30 heavy (non-hydrogen) atoms. The van der Waals surface area contributed by atoms with Crippen LogP contribution in [0.3, 0.4) is 0 Å². The summed E-state index contributed by atoms with van der Waals surface area (Å²) in [6.07, 6.45) is 7.99. The van der Waals surface area contributed by atoms with Crippen molar-refractivity contribution in [2.24, 2.45) is 5.73 Å². The number of nitrogens with one attached hydrogen (secondary N) is 1. The van der Waals surface area contributed by atoms with Crippen molar-refractivity contribution in [1.82, 2.24) is 0 Å². The lowest BCUT2D eigenvalue weighted by Gasteiger charge is -2.26. The van der Waals surface area contributed by atoms with Crippen LogP contribution < -0.4 is 40.8 Å². The van der Waals surface area contributed by atoms with E-state index >= 15 is 0 Å². The first-order valence-electron chi connectivity index (χ1n) is 9.00. The number of aliphatic carboxylic acids is 1. The first kappa shape index (κ1) is 25.2. The summed E-state index contributed by atoms with van der Waals surface area (Å²) in [4.78, 5) is 24.6. The highest BCUT2D eigenvalue weighted by Gasteiger charge is 2.17. The fourth-order valence-electron chi connectivity index (χ4n) is 3.07. The molecular weight excluding hydrogens is 425 g/mol. The van der Waals surface area contributed by atoms with E-state index in [0.29, 0.717) is 5.69 Å². The van der Waals surface area contributed by atoms with Gasteiger partial charge in [0.2, 0.25) is 5.91 Å². The van der Waals surface area contributed by atoms with Gasteiger partial charge in [-0.25, -0.2) is 0 Å². The summed E-state index contributed by atoms with van der Waals surface area (Å²) >= 11 is 0. The molecule has 0 saturated heterocycles. The molecule has 3 rings (SSSR count). The number of halogens is 2. The average Bonchev–Trinajstić information content (AvgIpc) is 2.68. The summed E-state index contributed by atoms with van der Waals surface area (Å²) in [6.45, 7) is 0. The molecule has 1 aliphatic heterocycles. The Balaban J connectivity index is 0.00000225. The van der Waals surface area contributed by atoms with Crippen molar-refractivity contribution in [1.29, 1.82) is 0 Å². The third kappa shape index (κ3) is 6.35. The van der Waals surface area contributed by atoms with Crippen LogP contribution >= 0.6 is 0 Å². The van der Waals surface area contributed by atoms with Gasteiger partial charge in [0.1, 0.15) is 0 Å². The van der Waals surface area contributed by atoms with Crippen molar-refractivity contribution in [2.75, 3.05) is 17.3 Å². The number of allylic oxidation sites excluding steroid dienone is 2. The molecule has 0 spiro atoms. The Labute approximate surface area is 188 Å². The fraction of sp³-hybridized carbons (Fsp3) is 0.182. The summed E-state index contributed by atoms with van der Waals surface area (Å²) in [5.41, 5.74) is 9.58. The molecule has 6 nitrogen and oxygen atoms in total. The van der Waals surface area contributed by atoms with E-state index in [1.165, 1.54) is 11.3 Å². The lowest BCUT2D eigenvalue weighted by molar-refractivity contribution is -0.138. The molecule has 4 N–H and O–H groups in total. The number of para-hydroxylation sites is 1. The lowest BCUT2D eigenvalue weighted by atomic mass is 9.93. The van der Waals surface area contributed by atoms with Crippen molar-refractivity contribution in [3.05, 3.63) is 78.0 Å². The molecule has 1 amide bonds. The number of carboxylic acids is 1. The maximum atomic E-state index is 11.9. The second-order valence-corrected chi connectivity index (χ2v) is 6.71. The van der Waals surface area contributed by atoms with Gasteiger partial charge in [-0.3, -0.25) is 9.59 Å². The van der Waals surface area contributed by atoms with Crippen LogP contribution in [0.5, 0.6) is 0 Å². The Kier molecular flexibility index (Phi) is 9.59. The zero-order valence-electron chi connectivity index (χ0n) is 16.3. The Morgan fingerprint density at radius 1 is 1.17 bits per heavy atom. The van der Waals surface area contributed by atoms with Crippen molar-refractivity contribution in [3.63, 3.8) is 0 Å². The second kappa shape index (κ2) is 11.4. The number of nitrogens with two attached hydrogens (primary N) is 1. The van der Waals surface area contributed by atoms with Gasteiger partial charge in [0, 0.05) is 30.5 Å². The van der Waals surface area contributed by atoms with Gasteiger partial charge >= 0.3 is 5.97 Å². The molecule has 0 fully saturated rings. The van der Waals surface area contributed by atoms with Gasteiger partial charge in [-0.2, -0.15) is 0 Å². The minimum absolute atomic E-state index is 0. The summed E-state index contributed by atoms with van der Waals surface area (Å²) in [5, 5.41) is 11.3. The molecule has 1 heterocycles. The van der Waals surface area contributed by atoms with Gasteiger partial charge in [-0.15, -0.1) is 0 Å². The second-order valence-electron chi connectivity index (χ2n) is 6.71. The Morgan fingerprint density at radius 2 is 1.83 bits per heavy atom. The third-order valence-electron chi connectivity index (χ3n) is 4.60. The molecule has 8 heteroatoms. The molecule has 2 atom stereocenters. The monoisotopic (exact) mass is 447 g/mol. The SMILES string of the molecule is CN1C=CC(/C=C/c2ccc(NC(=O)[C@@H](N)CC(=O)O)cc2)c2ccccc21.[Cl-].[Cl-]. The standard InChI is InChI=1S/C22H23N3O3.2ClH/c1-25-13-12-16(18-4-2-3-5-20(18)25)9-6-15-7-10-17(11-8-15)24-22(28)19(23)14-21(26)27;;/h2-13,16,19H,14,23H2,1H3,(H,24,28)(H,26,27);2*1H/p-2/b9-6+;;/t16?,19-;;/m0../s1. The number of benzene rings is 2. The van der Waals surface area contributed by atoms with E-state index in [9.17, 15) is 9.59 Å². The molecule has 0 radical (unpaired) electrons. The summed E-state index contributed by atoms with van der Waals surface area (Å²) in [6, 6.07) is 14.5. The quantitative estimate of drug-likeness (QED) is 0.444. The summed E-state index contributed by atoms with van der Waals surface area (Å²) in [7, 11) is 2.03. The van der Waals surface area contributed by atoms with E-state index in [-0.39, 0.29) is 30.7 Å². The van der Waals surface area contributed by atoms with Crippen molar-refractivity contribution in [2.45, 2.75) is 18.4 Å². The molecule has 0 aromatic heterocycles. The molecule has 1 unspecified atom stereocenters. The van der Waals surface area contributed by atoms with Gasteiger partial charge in [-0.05, 0) is 29.3 Å². The molecule has 2 aromatic rings. The minimum Gasteiger partial charge on any atom is -1.00 e. The highest BCUT2D eigenvalue weighted by atomic mass is 35.5. The number of carboxylic acid groups (broad SMARTS) is 1. The molecule has 2 aromatic carbocycles. The van der Waals surface area contributed by atoms with E-state index in [4.69, 9.17) is 10.8 Å². The van der Waals surface area contributed by atoms with E-state index in [1.807, 2.05) is 37.4 Å². The predicted molar refractivity (Wildman–Crippen MR) is 111 cm³/mol. The number of carbonyl (C=O) groups excluding carboxylic acids is 1. The summed E-state index contributed by atoms with van der Waals surface area (Å²) in [5.74, 6) is -1.42. The predicted octanol–water partition coefficient (Wildman–Crippen LogP) is -2.80. The number of rotatable bonds is 6. The molecule has 1 aliphatic rings. The maximum absolute atomic E-state index is 11.9. The van der Waals surface area contributed by atoms with E-state index < -0.39 is 24.3 Å². The van der Waals surface area contributed by atoms with Crippen LogP contribution in [0.2, 0.25) is 0 Å². The number of nitrogens with zero attached hydrogens (tertiary/aromatic N) is 1. The number of hydrogen-bond acceptors (Lipinski definition) is 4. The minimum atomic E-state index is -1.10. The van der Waals surface area contributed by atoms with Crippen LogP contribution in [0.15, 0.2) is 66.9 Å². The van der Waals surface area contributed by atoms with Gasteiger partial charge in [-0.1, -0.05) is 48.6 Å². The van der Waals surface area contributed by atoms with Crippen LogP contribution in [-0.2, 0) is 9.59 Å². The van der Waals surface area contributed by atoms with E-state index in [1.54, 1.807) is 12.1 Å². The highest BCUT2D eigenvalue weighted by molar-refractivity contribution is 5.96. The lowest BCUT2D eigenvalue weighted by Crippen LogP contribution is -3.00. The maximum Gasteiger partial charge on any atom is 0.305 e. The molecule has 0 bridgehead atoms. The Bertz CT molecular complexity index is 929. The highest BCUT2D eigenvalue weighted by Crippen LogP contribution is 2.33. The van der Waals surface area contributed by atoms with Gasteiger partial charge in [0.15, 0.2) is 0 Å². The number of amides is 1.